The van der Waals surface area contributed by atoms with E-state index in [0.29, 0.717) is 0 Å². The smallest absolute Gasteiger partial charge is 0.0601 e. The van der Waals surface area contributed by atoms with Crippen LogP contribution in [0.3, 0.4) is 0 Å². The monoisotopic (exact) mass is 238 g/mol. The Morgan fingerprint density at radius 2 is 2.31 bits per heavy atom. The molecule has 0 radical (unpaired) electrons. The summed E-state index contributed by atoms with van der Waals surface area (Å²) in [6.45, 7) is 0.899. The second-order valence-electron chi connectivity index (χ2n) is 3.01. The predicted octanol–water partition coefficient (Wildman–Crippen LogP) is 2.65. The number of halogens is 1. The third kappa shape index (κ3) is 1.49. The van der Waals surface area contributed by atoms with Crippen molar-refractivity contribution in [3.05, 3.63) is 34.4 Å². The van der Waals surface area contributed by atoms with E-state index in [4.69, 9.17) is 0 Å². The molecule has 0 fully saturated rings. The zero-order chi connectivity index (χ0) is 9.26. The van der Waals surface area contributed by atoms with Crippen LogP contribution in [0.4, 0.5) is 0 Å². The molecule has 68 valence electrons. The Bertz CT molecular complexity index is 420. The summed E-state index contributed by atoms with van der Waals surface area (Å²) in [7, 11) is 1.96. The normalized spacial score (nSPS) is 10.9. The van der Waals surface area contributed by atoms with Crippen LogP contribution in [0.1, 0.15) is 5.56 Å². The van der Waals surface area contributed by atoms with Crippen molar-refractivity contribution in [1.29, 1.82) is 0 Å². The van der Waals surface area contributed by atoms with E-state index in [-0.39, 0.29) is 0 Å². The molecular weight excluding hydrogens is 228 g/mol. The first-order valence-corrected chi connectivity index (χ1v) is 5.01. The summed E-state index contributed by atoms with van der Waals surface area (Å²) in [5.74, 6) is 0. The molecule has 2 rings (SSSR count). The topological polar surface area (TPSA) is 27.8 Å². The molecule has 1 heterocycles. The van der Waals surface area contributed by atoms with Crippen LogP contribution >= 0.6 is 15.9 Å². The van der Waals surface area contributed by atoms with Crippen molar-refractivity contribution >= 4 is 26.8 Å². The van der Waals surface area contributed by atoms with Gasteiger partial charge in [-0.1, -0.05) is 12.1 Å². The summed E-state index contributed by atoms with van der Waals surface area (Å²) in [4.78, 5) is 3.25. The Balaban J connectivity index is 2.61. The van der Waals surface area contributed by atoms with Crippen molar-refractivity contribution in [3.63, 3.8) is 0 Å². The van der Waals surface area contributed by atoms with Crippen molar-refractivity contribution in [2.24, 2.45) is 0 Å². The third-order valence-electron chi connectivity index (χ3n) is 2.12. The van der Waals surface area contributed by atoms with Crippen LogP contribution in [0, 0.1) is 0 Å². The molecule has 0 saturated heterocycles. The van der Waals surface area contributed by atoms with Crippen LogP contribution in [0.5, 0.6) is 0 Å². The summed E-state index contributed by atoms with van der Waals surface area (Å²) in [5.41, 5.74) is 2.48. The van der Waals surface area contributed by atoms with Crippen molar-refractivity contribution in [3.8, 4) is 0 Å². The molecule has 0 spiro atoms. The van der Waals surface area contributed by atoms with Gasteiger partial charge in [0.2, 0.25) is 0 Å². The molecule has 0 aliphatic carbocycles. The molecule has 13 heavy (non-hydrogen) atoms. The van der Waals surface area contributed by atoms with Gasteiger partial charge in [0, 0.05) is 22.6 Å². The van der Waals surface area contributed by atoms with E-state index in [1.807, 2.05) is 19.3 Å². The molecule has 0 atom stereocenters. The van der Waals surface area contributed by atoms with E-state index >= 15 is 0 Å². The molecule has 2 aromatic rings. The first-order valence-electron chi connectivity index (χ1n) is 4.22. The van der Waals surface area contributed by atoms with Gasteiger partial charge in [0.1, 0.15) is 0 Å². The second kappa shape index (κ2) is 3.52. The summed E-state index contributed by atoms with van der Waals surface area (Å²) < 4.78 is 1.12. The molecular formula is C10H11BrN2. The quantitative estimate of drug-likeness (QED) is 0.828. The highest BCUT2D eigenvalue weighted by Gasteiger charge is 2.03. The van der Waals surface area contributed by atoms with Crippen molar-refractivity contribution in [2.75, 3.05) is 7.05 Å². The van der Waals surface area contributed by atoms with Gasteiger partial charge in [-0.05, 0) is 34.6 Å². The SMILES string of the molecule is CNCc1c[nH]c2c(Br)cccc12. The molecule has 0 bridgehead atoms. The average Bonchev–Trinajstić information content (AvgIpc) is 2.51. The first-order chi connectivity index (χ1) is 6.33. The molecule has 1 aromatic heterocycles. The minimum Gasteiger partial charge on any atom is -0.360 e. The third-order valence-corrected chi connectivity index (χ3v) is 2.78. The van der Waals surface area contributed by atoms with Gasteiger partial charge in [-0.25, -0.2) is 0 Å². The molecule has 0 saturated carbocycles. The van der Waals surface area contributed by atoms with E-state index in [0.717, 1.165) is 11.0 Å². The van der Waals surface area contributed by atoms with Crippen LogP contribution < -0.4 is 5.32 Å². The number of para-hydroxylation sites is 1. The number of aromatic amines is 1. The van der Waals surface area contributed by atoms with Crippen LogP contribution in [-0.2, 0) is 6.54 Å². The lowest BCUT2D eigenvalue weighted by Gasteiger charge is -1.97. The van der Waals surface area contributed by atoms with Gasteiger partial charge >= 0.3 is 0 Å². The predicted molar refractivity (Wildman–Crippen MR) is 58.8 cm³/mol. The van der Waals surface area contributed by atoms with Crippen molar-refractivity contribution in [2.45, 2.75) is 6.54 Å². The number of fused-ring (bicyclic) bond motifs is 1. The van der Waals surface area contributed by atoms with E-state index in [1.165, 1.54) is 16.5 Å². The molecule has 0 aliphatic rings. The Labute approximate surface area is 85.5 Å². The van der Waals surface area contributed by atoms with Crippen molar-refractivity contribution < 1.29 is 0 Å². The fourth-order valence-electron chi connectivity index (χ4n) is 1.51. The second-order valence-corrected chi connectivity index (χ2v) is 3.86. The van der Waals surface area contributed by atoms with Crippen molar-refractivity contribution in [1.82, 2.24) is 10.3 Å². The Kier molecular flexibility index (Phi) is 2.38. The molecule has 3 heteroatoms. The minimum atomic E-state index is 0.899. The zero-order valence-corrected chi connectivity index (χ0v) is 8.98. The van der Waals surface area contributed by atoms with Crippen LogP contribution in [0.2, 0.25) is 0 Å². The number of rotatable bonds is 2. The zero-order valence-electron chi connectivity index (χ0n) is 7.39. The lowest BCUT2D eigenvalue weighted by molar-refractivity contribution is 0.823. The summed E-state index contributed by atoms with van der Waals surface area (Å²) in [6, 6.07) is 6.23. The van der Waals surface area contributed by atoms with Gasteiger partial charge in [-0.15, -0.1) is 0 Å². The molecule has 2 N–H and O–H groups in total. The molecule has 0 unspecified atom stereocenters. The van der Waals surface area contributed by atoms with Gasteiger partial charge in [0.05, 0.1) is 5.52 Å². The van der Waals surface area contributed by atoms with Gasteiger partial charge in [-0.3, -0.25) is 0 Å². The minimum absolute atomic E-state index is 0.899. The van der Waals surface area contributed by atoms with Gasteiger partial charge in [0.25, 0.3) is 0 Å². The fraction of sp³-hybridized carbons (Fsp3) is 0.200. The maximum atomic E-state index is 3.51. The summed E-state index contributed by atoms with van der Waals surface area (Å²) in [5, 5.41) is 4.43. The Hall–Kier alpha value is -0.800. The summed E-state index contributed by atoms with van der Waals surface area (Å²) >= 11 is 3.51. The number of hydrogen-bond donors (Lipinski definition) is 2. The van der Waals surface area contributed by atoms with Crippen LogP contribution in [0.25, 0.3) is 10.9 Å². The lowest BCUT2D eigenvalue weighted by Crippen LogP contribution is -2.03. The van der Waals surface area contributed by atoms with E-state index < -0.39 is 0 Å². The maximum Gasteiger partial charge on any atom is 0.0601 e. The van der Waals surface area contributed by atoms with Gasteiger partial charge in [0.15, 0.2) is 0 Å². The number of H-pyrrole nitrogens is 1. The highest BCUT2D eigenvalue weighted by Crippen LogP contribution is 2.25. The molecule has 2 nitrogen and oxygen atoms in total. The van der Waals surface area contributed by atoms with E-state index in [1.54, 1.807) is 0 Å². The van der Waals surface area contributed by atoms with Crippen LogP contribution in [0.15, 0.2) is 28.9 Å². The molecule has 0 aliphatic heterocycles. The van der Waals surface area contributed by atoms with Crippen LogP contribution in [-0.4, -0.2) is 12.0 Å². The van der Waals surface area contributed by atoms with Gasteiger partial charge in [-0.2, -0.15) is 0 Å². The highest BCUT2D eigenvalue weighted by molar-refractivity contribution is 9.10. The first kappa shape index (κ1) is 8.78. The highest BCUT2D eigenvalue weighted by atomic mass is 79.9. The molecule has 0 amide bonds. The largest absolute Gasteiger partial charge is 0.360 e. The number of benzene rings is 1. The number of nitrogens with one attached hydrogen (secondary N) is 2. The van der Waals surface area contributed by atoms with Gasteiger partial charge < -0.3 is 10.3 Å². The molecule has 1 aromatic carbocycles. The van der Waals surface area contributed by atoms with E-state index in [9.17, 15) is 0 Å². The maximum absolute atomic E-state index is 3.51. The average molecular weight is 239 g/mol. The lowest BCUT2D eigenvalue weighted by atomic mass is 10.2. The number of hydrogen-bond acceptors (Lipinski definition) is 1. The summed E-state index contributed by atoms with van der Waals surface area (Å²) in [6.07, 6.45) is 2.05. The fourth-order valence-corrected chi connectivity index (χ4v) is 1.99. The number of aromatic nitrogens is 1. The Morgan fingerprint density at radius 1 is 1.46 bits per heavy atom. The Morgan fingerprint density at radius 3 is 3.08 bits per heavy atom. The van der Waals surface area contributed by atoms with E-state index in [2.05, 4.69) is 38.4 Å². The standard InChI is InChI=1S/C10H11BrN2/c1-12-5-7-6-13-10-8(7)3-2-4-9(10)11/h2-4,6,12-13H,5H2,1H3.